The number of alkyl halides is 3. The van der Waals surface area contributed by atoms with Crippen molar-refractivity contribution in [3.05, 3.63) is 102 Å². The van der Waals surface area contributed by atoms with Crippen molar-refractivity contribution in [2.45, 2.75) is 35.7 Å². The standard InChI is InChI=1S/C35H27BrF3N3O5S2/c1-15-5-2-3-8-22(15)40-24(43)14-47-23-10-9-17(36)12-19(23)25-26-20-13-21(29(26)48-31-30(25)49-34(46)41-31)28-27(20)32(44)42(33(28)45)18-7-4-6-16(11-18)35(37,38)39/h2-12,20-21,25-29H,13-14H2,1H3,(H,40,43)(H,41,46)/t20?,21?,25-,26?,27?,28?,29?/m1/s1. The lowest BCUT2D eigenvalue weighted by atomic mass is 9.68. The Morgan fingerprint density at radius 2 is 1.78 bits per heavy atom. The fraction of sp³-hybridized carbons (Fsp3) is 0.314. The maximum Gasteiger partial charge on any atom is 0.416 e. The number of aryl methyl sites for hydroxylation is 1. The molecule has 1 saturated heterocycles. The molecule has 3 heterocycles. The van der Waals surface area contributed by atoms with Crippen molar-refractivity contribution in [2.24, 2.45) is 29.6 Å². The Hall–Kier alpha value is -3.88. The first-order valence-electron chi connectivity index (χ1n) is 15.6. The molecule has 14 heteroatoms. The number of H-pyrrole nitrogens is 1. The van der Waals surface area contributed by atoms with Crippen LogP contribution in [0.1, 0.15) is 33.9 Å². The predicted octanol–water partition coefficient (Wildman–Crippen LogP) is 7.22. The SMILES string of the molecule is Cc1ccccc1NC(=O)COc1ccc(Br)cc1[C@H]1c2sc(=O)[nH]c2SC2C3CC(C4C(=O)N(c5cccc(C(F)(F)F)c5)C(=O)C34)C21. The van der Waals surface area contributed by atoms with Gasteiger partial charge in [0.05, 0.1) is 28.1 Å². The molecular formula is C35H27BrF3N3O5S2. The van der Waals surface area contributed by atoms with Gasteiger partial charge in [0, 0.05) is 31.8 Å². The Balaban J connectivity index is 1.14. The zero-order valence-corrected chi connectivity index (χ0v) is 28.8. The lowest BCUT2D eigenvalue weighted by molar-refractivity contribution is -0.137. The van der Waals surface area contributed by atoms with Crippen molar-refractivity contribution in [1.29, 1.82) is 0 Å². The number of hydrogen-bond acceptors (Lipinski definition) is 7. The average Bonchev–Trinajstić information content (AvgIpc) is 3.80. The fourth-order valence-corrected chi connectivity index (χ4v) is 11.6. The predicted molar refractivity (Wildman–Crippen MR) is 182 cm³/mol. The number of rotatable bonds is 6. The number of nitrogens with one attached hydrogen (secondary N) is 2. The van der Waals surface area contributed by atoms with Crippen molar-refractivity contribution < 1.29 is 32.3 Å². The molecule has 2 bridgehead atoms. The highest BCUT2D eigenvalue weighted by Gasteiger charge is 2.70. The van der Waals surface area contributed by atoms with Crippen molar-refractivity contribution in [3.63, 3.8) is 0 Å². The summed E-state index contributed by atoms with van der Waals surface area (Å²) in [5, 5.41) is 3.42. The molecule has 4 aliphatic rings. The van der Waals surface area contributed by atoms with Gasteiger partial charge in [-0.3, -0.25) is 24.1 Å². The quantitative estimate of drug-likeness (QED) is 0.201. The van der Waals surface area contributed by atoms with Gasteiger partial charge in [0.25, 0.3) is 5.91 Å². The number of imide groups is 1. The molecule has 6 unspecified atom stereocenters. The highest BCUT2D eigenvalue weighted by Crippen LogP contribution is 2.69. The number of halogens is 4. The summed E-state index contributed by atoms with van der Waals surface area (Å²) < 4.78 is 47.6. The van der Waals surface area contributed by atoms with Crippen LogP contribution in [-0.4, -0.2) is 34.6 Å². The van der Waals surface area contributed by atoms with Gasteiger partial charge in [-0.2, -0.15) is 13.2 Å². The number of para-hydroxylation sites is 1. The second kappa shape index (κ2) is 11.9. The summed E-state index contributed by atoms with van der Waals surface area (Å²) in [6.07, 6.45) is -4.03. The Kier molecular flexibility index (Phi) is 7.83. The first kappa shape index (κ1) is 32.3. The van der Waals surface area contributed by atoms with E-state index >= 15 is 0 Å². The van der Waals surface area contributed by atoms with E-state index < -0.39 is 41.3 Å². The van der Waals surface area contributed by atoms with Gasteiger partial charge in [-0.1, -0.05) is 51.5 Å². The molecule has 7 atom stereocenters. The number of ether oxygens (including phenoxy) is 1. The first-order chi connectivity index (χ1) is 23.4. The highest BCUT2D eigenvalue weighted by atomic mass is 79.9. The minimum atomic E-state index is -4.63. The third-order valence-electron chi connectivity index (χ3n) is 10.2. The molecule has 3 aromatic carbocycles. The van der Waals surface area contributed by atoms with Crippen LogP contribution in [0, 0.1) is 36.5 Å². The van der Waals surface area contributed by atoms with E-state index in [1.807, 2.05) is 31.2 Å². The molecule has 0 spiro atoms. The summed E-state index contributed by atoms with van der Waals surface area (Å²) in [5.74, 6) is -3.34. The molecular weight excluding hydrogens is 743 g/mol. The van der Waals surface area contributed by atoms with E-state index in [4.69, 9.17) is 4.74 Å². The van der Waals surface area contributed by atoms with Gasteiger partial charge in [0.1, 0.15) is 5.75 Å². The van der Waals surface area contributed by atoms with Crippen LogP contribution in [0.15, 0.2) is 81.0 Å². The van der Waals surface area contributed by atoms with Crippen molar-refractivity contribution in [1.82, 2.24) is 4.98 Å². The van der Waals surface area contributed by atoms with Crippen molar-refractivity contribution in [2.75, 3.05) is 16.8 Å². The molecule has 252 valence electrons. The van der Waals surface area contributed by atoms with E-state index in [1.165, 1.54) is 23.9 Å². The topological polar surface area (TPSA) is 109 Å². The van der Waals surface area contributed by atoms with E-state index in [0.717, 1.165) is 48.8 Å². The van der Waals surface area contributed by atoms with E-state index in [1.54, 1.807) is 18.2 Å². The molecule has 3 fully saturated rings. The fourth-order valence-electron chi connectivity index (χ4n) is 8.38. The molecule has 2 saturated carbocycles. The number of amides is 3. The van der Waals surface area contributed by atoms with Crippen molar-refractivity contribution >= 4 is 68.1 Å². The summed E-state index contributed by atoms with van der Waals surface area (Å²) >= 11 is 6.17. The molecule has 49 heavy (non-hydrogen) atoms. The number of aromatic amines is 1. The van der Waals surface area contributed by atoms with Crippen LogP contribution < -0.4 is 19.8 Å². The number of carbonyl (C=O) groups excluding carboxylic acids is 3. The molecule has 2 aliphatic heterocycles. The van der Waals surface area contributed by atoms with Crippen LogP contribution in [0.25, 0.3) is 0 Å². The minimum Gasteiger partial charge on any atom is -0.483 e. The van der Waals surface area contributed by atoms with Crippen LogP contribution in [0.2, 0.25) is 0 Å². The van der Waals surface area contributed by atoms with Crippen LogP contribution in [0.4, 0.5) is 24.5 Å². The smallest absolute Gasteiger partial charge is 0.416 e. The third-order valence-corrected chi connectivity index (χ3v) is 13.3. The highest BCUT2D eigenvalue weighted by molar-refractivity contribution is 9.10. The van der Waals surface area contributed by atoms with Gasteiger partial charge >= 0.3 is 11.0 Å². The number of carbonyl (C=O) groups is 3. The number of benzene rings is 3. The number of anilines is 2. The monoisotopic (exact) mass is 769 g/mol. The third kappa shape index (κ3) is 5.34. The van der Waals surface area contributed by atoms with Crippen LogP contribution in [-0.2, 0) is 20.6 Å². The van der Waals surface area contributed by atoms with E-state index in [9.17, 15) is 32.3 Å². The lowest BCUT2D eigenvalue weighted by Crippen LogP contribution is -2.42. The number of thiazole rings is 1. The van der Waals surface area contributed by atoms with Crippen LogP contribution in [0.3, 0.4) is 0 Å². The second-order valence-electron chi connectivity index (χ2n) is 12.9. The Bertz CT molecular complexity index is 2100. The zero-order chi connectivity index (χ0) is 34.4. The summed E-state index contributed by atoms with van der Waals surface area (Å²) in [4.78, 5) is 58.2. The van der Waals surface area contributed by atoms with E-state index in [2.05, 4.69) is 26.2 Å². The number of aromatic nitrogens is 1. The van der Waals surface area contributed by atoms with Crippen LogP contribution in [0.5, 0.6) is 5.75 Å². The largest absolute Gasteiger partial charge is 0.483 e. The number of hydrogen-bond donors (Lipinski definition) is 2. The summed E-state index contributed by atoms with van der Waals surface area (Å²) in [7, 11) is 0. The molecule has 3 amide bonds. The van der Waals surface area contributed by atoms with Gasteiger partial charge < -0.3 is 15.0 Å². The number of fused-ring (bicyclic) bond motifs is 9. The lowest BCUT2D eigenvalue weighted by Gasteiger charge is -2.43. The first-order valence-corrected chi connectivity index (χ1v) is 18.1. The Labute approximate surface area is 294 Å². The average molecular weight is 771 g/mol. The molecule has 4 aromatic rings. The molecule has 8 nitrogen and oxygen atoms in total. The molecule has 1 aromatic heterocycles. The van der Waals surface area contributed by atoms with Gasteiger partial charge in [0.2, 0.25) is 11.8 Å². The molecule has 2 aliphatic carbocycles. The van der Waals surface area contributed by atoms with Crippen LogP contribution >= 0.6 is 39.0 Å². The normalized spacial score (nSPS) is 26.8. The molecule has 8 rings (SSSR count). The van der Waals surface area contributed by atoms with E-state index in [0.29, 0.717) is 22.9 Å². The summed E-state index contributed by atoms with van der Waals surface area (Å²) in [6.45, 7) is 1.62. The number of nitrogens with zero attached hydrogens (tertiary/aromatic N) is 1. The maximum absolute atomic E-state index is 14.1. The summed E-state index contributed by atoms with van der Waals surface area (Å²) in [5.41, 5.74) is 1.30. The maximum atomic E-state index is 14.1. The number of thioether (sulfide) groups is 1. The van der Waals surface area contributed by atoms with Crippen molar-refractivity contribution in [3.8, 4) is 5.75 Å². The molecule has 2 N–H and O–H groups in total. The Morgan fingerprint density at radius 3 is 2.53 bits per heavy atom. The van der Waals surface area contributed by atoms with Gasteiger partial charge in [0.15, 0.2) is 6.61 Å². The van der Waals surface area contributed by atoms with Gasteiger partial charge in [-0.25, -0.2) is 0 Å². The van der Waals surface area contributed by atoms with Gasteiger partial charge in [-0.15, -0.1) is 11.8 Å². The second-order valence-corrected chi connectivity index (χ2v) is 16.0. The zero-order valence-electron chi connectivity index (χ0n) is 25.6. The minimum absolute atomic E-state index is 0.0825. The van der Waals surface area contributed by atoms with Gasteiger partial charge in [-0.05, 0) is 79.1 Å². The van der Waals surface area contributed by atoms with E-state index in [-0.39, 0.29) is 46.1 Å². The summed E-state index contributed by atoms with van der Waals surface area (Å²) in [6, 6.07) is 17.2. The Morgan fingerprint density at radius 1 is 1.02 bits per heavy atom. The molecule has 0 radical (unpaired) electrons.